The Hall–Kier alpha value is -2.04. The van der Waals surface area contributed by atoms with Crippen LogP contribution in [0.5, 0.6) is 0 Å². The van der Waals surface area contributed by atoms with Crippen LogP contribution in [0.3, 0.4) is 0 Å². The fraction of sp³-hybridized carbons (Fsp3) is 0.176. The summed E-state index contributed by atoms with van der Waals surface area (Å²) in [6, 6.07) is 13.1. The summed E-state index contributed by atoms with van der Waals surface area (Å²) in [7, 11) is 0. The van der Waals surface area contributed by atoms with Crippen molar-refractivity contribution >= 4 is 35.0 Å². The van der Waals surface area contributed by atoms with Gasteiger partial charge in [-0.1, -0.05) is 47.5 Å². The molecular formula is C17H16Cl2N2O2. The third-order valence-electron chi connectivity index (χ3n) is 3.24. The zero-order valence-corrected chi connectivity index (χ0v) is 13.8. The minimum Gasteiger partial charge on any atom is -0.370 e. The number of amides is 2. The molecule has 0 aliphatic rings. The first-order valence-electron chi connectivity index (χ1n) is 7.04. The van der Waals surface area contributed by atoms with E-state index in [0.717, 1.165) is 16.7 Å². The Bertz CT molecular complexity index is 695. The molecule has 0 spiro atoms. The number of carbonyl (C=O) groups is 2. The Labute approximate surface area is 144 Å². The van der Waals surface area contributed by atoms with E-state index in [1.54, 1.807) is 6.07 Å². The first-order valence-corrected chi connectivity index (χ1v) is 7.80. The zero-order valence-electron chi connectivity index (χ0n) is 12.3. The highest BCUT2D eigenvalue weighted by Gasteiger charge is 2.05. The summed E-state index contributed by atoms with van der Waals surface area (Å²) in [5, 5.41) is 3.91. The van der Waals surface area contributed by atoms with Crippen molar-refractivity contribution in [1.82, 2.24) is 5.32 Å². The molecule has 0 saturated heterocycles. The van der Waals surface area contributed by atoms with Gasteiger partial charge in [0.05, 0.1) is 0 Å². The van der Waals surface area contributed by atoms with E-state index in [0.29, 0.717) is 16.6 Å². The fourth-order valence-electron chi connectivity index (χ4n) is 2.06. The lowest BCUT2D eigenvalue weighted by Gasteiger charge is -2.07. The minimum absolute atomic E-state index is 0.0559. The maximum absolute atomic E-state index is 11.5. The van der Waals surface area contributed by atoms with Crippen LogP contribution in [0.1, 0.15) is 18.4 Å². The molecule has 0 bridgehead atoms. The van der Waals surface area contributed by atoms with Crippen molar-refractivity contribution in [2.45, 2.75) is 19.4 Å². The Morgan fingerprint density at radius 3 is 2.09 bits per heavy atom. The number of halogens is 2. The second-order valence-corrected chi connectivity index (χ2v) is 5.97. The molecule has 6 heteroatoms. The van der Waals surface area contributed by atoms with Crippen LogP contribution >= 0.6 is 23.2 Å². The van der Waals surface area contributed by atoms with Gasteiger partial charge in [-0.25, -0.2) is 0 Å². The van der Waals surface area contributed by atoms with Crippen molar-refractivity contribution in [2.75, 3.05) is 0 Å². The van der Waals surface area contributed by atoms with Gasteiger partial charge in [-0.05, 0) is 34.9 Å². The van der Waals surface area contributed by atoms with Gasteiger partial charge in [0.25, 0.3) is 0 Å². The van der Waals surface area contributed by atoms with E-state index in [2.05, 4.69) is 5.32 Å². The Balaban J connectivity index is 1.97. The number of benzene rings is 2. The van der Waals surface area contributed by atoms with Gasteiger partial charge in [-0.2, -0.15) is 0 Å². The predicted octanol–water partition coefficient (Wildman–Crippen LogP) is 3.54. The molecule has 2 rings (SSSR count). The van der Waals surface area contributed by atoms with E-state index in [-0.39, 0.29) is 18.7 Å². The summed E-state index contributed by atoms with van der Waals surface area (Å²) < 4.78 is 0. The number of hydrogen-bond donors (Lipinski definition) is 2. The van der Waals surface area contributed by atoms with Crippen molar-refractivity contribution in [3.8, 4) is 11.1 Å². The van der Waals surface area contributed by atoms with Crippen molar-refractivity contribution in [1.29, 1.82) is 0 Å². The summed E-state index contributed by atoms with van der Waals surface area (Å²) in [5.74, 6) is -0.681. The van der Waals surface area contributed by atoms with E-state index in [1.807, 2.05) is 36.4 Å². The lowest BCUT2D eigenvalue weighted by atomic mass is 10.0. The minimum atomic E-state index is -0.482. The lowest BCUT2D eigenvalue weighted by Crippen LogP contribution is -2.24. The van der Waals surface area contributed by atoms with E-state index in [9.17, 15) is 9.59 Å². The molecule has 0 aromatic heterocycles. The summed E-state index contributed by atoms with van der Waals surface area (Å²) in [6.07, 6.45) is 0.161. The molecule has 2 aromatic carbocycles. The Kier molecular flexibility index (Phi) is 6.02. The standard InChI is InChI=1S/C17H16Cl2N2O2/c18-14-7-13(8-15(19)9-14)12-3-1-11(2-4-12)10-21-17(23)6-5-16(20)22/h1-4,7-9H,5-6,10H2,(H2,20,22)(H,21,23). The van der Waals surface area contributed by atoms with Crippen LogP contribution < -0.4 is 11.1 Å². The van der Waals surface area contributed by atoms with Crippen molar-refractivity contribution in [3.05, 3.63) is 58.1 Å². The highest BCUT2D eigenvalue weighted by atomic mass is 35.5. The Morgan fingerprint density at radius 2 is 1.52 bits per heavy atom. The smallest absolute Gasteiger partial charge is 0.220 e. The van der Waals surface area contributed by atoms with Gasteiger partial charge in [-0.3, -0.25) is 9.59 Å². The monoisotopic (exact) mass is 350 g/mol. The largest absolute Gasteiger partial charge is 0.370 e. The second kappa shape index (κ2) is 7.99. The molecule has 3 N–H and O–H groups in total. The van der Waals surface area contributed by atoms with Gasteiger partial charge in [0.1, 0.15) is 0 Å². The van der Waals surface area contributed by atoms with Gasteiger partial charge in [0.15, 0.2) is 0 Å². The van der Waals surface area contributed by atoms with Crippen LogP contribution in [-0.2, 0) is 16.1 Å². The second-order valence-electron chi connectivity index (χ2n) is 5.10. The topological polar surface area (TPSA) is 72.2 Å². The SMILES string of the molecule is NC(=O)CCC(=O)NCc1ccc(-c2cc(Cl)cc(Cl)c2)cc1. The molecule has 0 heterocycles. The Morgan fingerprint density at radius 1 is 0.913 bits per heavy atom. The molecule has 2 amide bonds. The van der Waals surface area contributed by atoms with Gasteiger partial charge >= 0.3 is 0 Å². The van der Waals surface area contributed by atoms with Crippen LogP contribution in [0.2, 0.25) is 10.0 Å². The molecule has 0 radical (unpaired) electrons. The van der Waals surface area contributed by atoms with E-state index in [1.165, 1.54) is 0 Å². The summed E-state index contributed by atoms with van der Waals surface area (Å²) in [6.45, 7) is 0.397. The van der Waals surface area contributed by atoms with E-state index >= 15 is 0 Å². The highest BCUT2D eigenvalue weighted by Crippen LogP contribution is 2.27. The summed E-state index contributed by atoms with van der Waals surface area (Å²) in [4.78, 5) is 22.2. The molecule has 0 fully saturated rings. The molecule has 0 aliphatic heterocycles. The highest BCUT2D eigenvalue weighted by molar-refractivity contribution is 6.35. The lowest BCUT2D eigenvalue weighted by molar-refractivity contribution is -0.125. The number of hydrogen-bond acceptors (Lipinski definition) is 2. The fourth-order valence-corrected chi connectivity index (χ4v) is 2.59. The average molecular weight is 351 g/mol. The van der Waals surface area contributed by atoms with Gasteiger partial charge < -0.3 is 11.1 Å². The van der Waals surface area contributed by atoms with Crippen molar-refractivity contribution < 1.29 is 9.59 Å². The molecule has 2 aromatic rings. The number of primary amides is 1. The normalized spacial score (nSPS) is 10.3. The number of nitrogens with one attached hydrogen (secondary N) is 1. The first kappa shape index (κ1) is 17.3. The van der Waals surface area contributed by atoms with E-state index < -0.39 is 5.91 Å². The summed E-state index contributed by atoms with van der Waals surface area (Å²) in [5.41, 5.74) is 7.87. The third-order valence-corrected chi connectivity index (χ3v) is 3.67. The maximum atomic E-state index is 11.5. The number of nitrogens with two attached hydrogens (primary N) is 1. The number of rotatable bonds is 6. The van der Waals surface area contributed by atoms with Crippen LogP contribution in [0.4, 0.5) is 0 Å². The van der Waals surface area contributed by atoms with Gasteiger partial charge in [0, 0.05) is 29.4 Å². The molecular weight excluding hydrogens is 335 g/mol. The van der Waals surface area contributed by atoms with E-state index in [4.69, 9.17) is 28.9 Å². The molecule has 23 heavy (non-hydrogen) atoms. The zero-order chi connectivity index (χ0) is 16.8. The average Bonchev–Trinajstić information content (AvgIpc) is 2.50. The van der Waals surface area contributed by atoms with Crippen LogP contribution in [0, 0.1) is 0 Å². The molecule has 4 nitrogen and oxygen atoms in total. The van der Waals surface area contributed by atoms with Crippen LogP contribution in [-0.4, -0.2) is 11.8 Å². The maximum Gasteiger partial charge on any atom is 0.220 e. The molecule has 0 saturated carbocycles. The molecule has 0 aliphatic carbocycles. The molecule has 120 valence electrons. The predicted molar refractivity (Wildman–Crippen MR) is 92.2 cm³/mol. The molecule has 0 atom stereocenters. The quantitative estimate of drug-likeness (QED) is 0.836. The van der Waals surface area contributed by atoms with Crippen LogP contribution in [0.15, 0.2) is 42.5 Å². The first-order chi connectivity index (χ1) is 10.9. The molecule has 0 unspecified atom stereocenters. The summed E-state index contributed by atoms with van der Waals surface area (Å²) >= 11 is 12.0. The van der Waals surface area contributed by atoms with Crippen molar-refractivity contribution in [2.24, 2.45) is 5.73 Å². The van der Waals surface area contributed by atoms with Gasteiger partial charge in [0.2, 0.25) is 11.8 Å². The van der Waals surface area contributed by atoms with Crippen LogP contribution in [0.25, 0.3) is 11.1 Å². The number of carbonyl (C=O) groups excluding carboxylic acids is 2. The van der Waals surface area contributed by atoms with Gasteiger partial charge in [-0.15, -0.1) is 0 Å². The third kappa shape index (κ3) is 5.58. The van der Waals surface area contributed by atoms with Crippen molar-refractivity contribution in [3.63, 3.8) is 0 Å².